The van der Waals surface area contributed by atoms with E-state index in [0.29, 0.717) is 36.9 Å². The van der Waals surface area contributed by atoms with Gasteiger partial charge in [0.1, 0.15) is 13.2 Å². The van der Waals surface area contributed by atoms with Gasteiger partial charge >= 0.3 is 0 Å². The molecule has 0 radical (unpaired) electrons. The van der Waals surface area contributed by atoms with Gasteiger partial charge in [-0.3, -0.25) is 0 Å². The molecule has 0 aliphatic carbocycles. The topological polar surface area (TPSA) is 27.7 Å². The highest BCUT2D eigenvalue weighted by Crippen LogP contribution is 2.31. The molecule has 3 heteroatoms. The van der Waals surface area contributed by atoms with E-state index in [1.54, 1.807) is 7.11 Å². The quantitative estimate of drug-likeness (QED) is 0.576. The first kappa shape index (κ1) is 15.0. The maximum Gasteiger partial charge on any atom is 0.177 e. The molecule has 108 valence electrons. The zero-order chi connectivity index (χ0) is 14.9. The van der Waals surface area contributed by atoms with Crippen molar-refractivity contribution in [3.8, 4) is 23.8 Å². The molecule has 21 heavy (non-hydrogen) atoms. The summed E-state index contributed by atoms with van der Waals surface area (Å²) < 4.78 is 16.5. The largest absolute Gasteiger partial charge is 0.487 e. The lowest BCUT2D eigenvalue weighted by Crippen LogP contribution is -2.06. The van der Waals surface area contributed by atoms with Gasteiger partial charge in [-0.25, -0.2) is 0 Å². The van der Waals surface area contributed by atoms with Crippen LogP contribution < -0.4 is 9.47 Å². The van der Waals surface area contributed by atoms with Crippen molar-refractivity contribution in [3.63, 3.8) is 0 Å². The Morgan fingerprint density at radius 3 is 2.48 bits per heavy atom. The molecule has 0 saturated heterocycles. The summed E-state index contributed by atoms with van der Waals surface area (Å²) in [6, 6.07) is 15.5. The predicted molar refractivity (Wildman–Crippen MR) is 82.5 cm³/mol. The zero-order valence-corrected chi connectivity index (χ0v) is 12.0. The Labute approximate surface area is 125 Å². The van der Waals surface area contributed by atoms with Crippen molar-refractivity contribution in [3.05, 3.63) is 59.7 Å². The molecular formula is C18H18O3. The average Bonchev–Trinajstić information content (AvgIpc) is 2.54. The number of methoxy groups -OCH3 is 1. The summed E-state index contributed by atoms with van der Waals surface area (Å²) in [6.07, 6.45) is 5.53. The number of terminal acetylenes is 1. The van der Waals surface area contributed by atoms with E-state index in [4.69, 9.17) is 20.6 Å². The zero-order valence-electron chi connectivity index (χ0n) is 12.0. The van der Waals surface area contributed by atoms with Crippen LogP contribution in [0.15, 0.2) is 48.5 Å². The molecule has 0 heterocycles. The van der Waals surface area contributed by atoms with E-state index in [0.717, 1.165) is 5.56 Å². The van der Waals surface area contributed by atoms with Crippen LogP contribution in [-0.2, 0) is 11.3 Å². The molecule has 0 unspecified atom stereocenters. The number of hydrogen-bond donors (Lipinski definition) is 0. The maximum absolute atomic E-state index is 5.87. The lowest BCUT2D eigenvalue weighted by molar-refractivity contribution is 0.143. The molecule has 0 atom stereocenters. The second-order valence-corrected chi connectivity index (χ2v) is 4.39. The van der Waals surface area contributed by atoms with Gasteiger partial charge in [-0.2, -0.15) is 0 Å². The van der Waals surface area contributed by atoms with Crippen LogP contribution >= 0.6 is 0 Å². The first-order valence-corrected chi connectivity index (χ1v) is 6.73. The van der Waals surface area contributed by atoms with Gasteiger partial charge in [0.15, 0.2) is 11.5 Å². The van der Waals surface area contributed by atoms with E-state index < -0.39 is 0 Å². The third kappa shape index (κ3) is 4.27. The molecule has 2 aromatic rings. The Bertz CT molecular complexity index is 600. The highest BCUT2D eigenvalue weighted by Gasteiger charge is 2.10. The molecule has 2 rings (SSSR count). The van der Waals surface area contributed by atoms with E-state index in [1.165, 1.54) is 0 Å². The SMILES string of the molecule is C#Cc1cccc(OCCOC)c1OCc1ccccc1. The highest BCUT2D eigenvalue weighted by atomic mass is 16.5. The standard InChI is InChI=1S/C18H18O3/c1-3-16-10-7-11-17(20-13-12-19-2)18(16)21-14-15-8-5-4-6-9-15/h1,4-11H,12-14H2,2H3. The molecule has 0 N–H and O–H groups in total. The molecular weight excluding hydrogens is 264 g/mol. The molecule has 0 aliphatic heterocycles. The van der Waals surface area contributed by atoms with Gasteiger partial charge in [-0.05, 0) is 17.7 Å². The Balaban J connectivity index is 2.13. The van der Waals surface area contributed by atoms with Crippen LogP contribution in [0.3, 0.4) is 0 Å². The molecule has 0 aromatic heterocycles. The highest BCUT2D eigenvalue weighted by molar-refractivity contribution is 5.53. The van der Waals surface area contributed by atoms with E-state index in [1.807, 2.05) is 48.5 Å². The van der Waals surface area contributed by atoms with Crippen molar-refractivity contribution in [2.24, 2.45) is 0 Å². The summed E-state index contributed by atoms with van der Waals surface area (Å²) in [5.74, 6) is 3.86. The van der Waals surface area contributed by atoms with Gasteiger partial charge in [0, 0.05) is 7.11 Å². The molecule has 0 aliphatic rings. The van der Waals surface area contributed by atoms with Gasteiger partial charge in [-0.15, -0.1) is 6.42 Å². The number of para-hydroxylation sites is 1. The van der Waals surface area contributed by atoms with Crippen LogP contribution in [-0.4, -0.2) is 20.3 Å². The fraction of sp³-hybridized carbons (Fsp3) is 0.222. The Morgan fingerprint density at radius 1 is 0.952 bits per heavy atom. The molecule has 0 saturated carbocycles. The first-order chi connectivity index (χ1) is 10.3. The Hall–Kier alpha value is -2.44. The smallest absolute Gasteiger partial charge is 0.177 e. The van der Waals surface area contributed by atoms with Crippen LogP contribution in [0.5, 0.6) is 11.5 Å². The maximum atomic E-state index is 5.87. The van der Waals surface area contributed by atoms with Crippen molar-refractivity contribution in [1.82, 2.24) is 0 Å². The normalized spacial score (nSPS) is 9.90. The molecule has 0 spiro atoms. The number of ether oxygens (including phenoxy) is 3. The van der Waals surface area contributed by atoms with Crippen LogP contribution in [0.4, 0.5) is 0 Å². The van der Waals surface area contributed by atoms with Gasteiger partial charge in [0.25, 0.3) is 0 Å². The van der Waals surface area contributed by atoms with Crippen LogP contribution in [0.1, 0.15) is 11.1 Å². The molecule has 3 nitrogen and oxygen atoms in total. The minimum absolute atomic E-state index is 0.445. The summed E-state index contributed by atoms with van der Waals surface area (Å²) in [5, 5.41) is 0. The van der Waals surface area contributed by atoms with E-state index >= 15 is 0 Å². The third-order valence-electron chi connectivity index (χ3n) is 2.91. The Morgan fingerprint density at radius 2 is 1.76 bits per heavy atom. The fourth-order valence-corrected chi connectivity index (χ4v) is 1.86. The van der Waals surface area contributed by atoms with Crippen molar-refractivity contribution in [2.45, 2.75) is 6.61 Å². The van der Waals surface area contributed by atoms with Gasteiger partial charge in [0.05, 0.1) is 12.2 Å². The minimum atomic E-state index is 0.445. The van der Waals surface area contributed by atoms with E-state index in [9.17, 15) is 0 Å². The second-order valence-electron chi connectivity index (χ2n) is 4.39. The molecule has 0 fully saturated rings. The van der Waals surface area contributed by atoms with Gasteiger partial charge in [-0.1, -0.05) is 42.3 Å². The number of hydrogen-bond acceptors (Lipinski definition) is 3. The van der Waals surface area contributed by atoms with E-state index in [2.05, 4.69) is 5.92 Å². The summed E-state index contributed by atoms with van der Waals surface area (Å²) in [7, 11) is 1.63. The number of benzene rings is 2. The summed E-state index contributed by atoms with van der Waals surface area (Å²) in [6.45, 7) is 1.41. The van der Waals surface area contributed by atoms with Gasteiger partial charge in [0.2, 0.25) is 0 Å². The van der Waals surface area contributed by atoms with Crippen molar-refractivity contribution in [1.29, 1.82) is 0 Å². The number of rotatable bonds is 7. The van der Waals surface area contributed by atoms with Crippen LogP contribution in [0.2, 0.25) is 0 Å². The van der Waals surface area contributed by atoms with E-state index in [-0.39, 0.29) is 0 Å². The monoisotopic (exact) mass is 282 g/mol. The second kappa shape index (κ2) is 7.98. The van der Waals surface area contributed by atoms with Crippen LogP contribution in [0.25, 0.3) is 0 Å². The lowest BCUT2D eigenvalue weighted by Gasteiger charge is -2.14. The van der Waals surface area contributed by atoms with Crippen molar-refractivity contribution < 1.29 is 14.2 Å². The van der Waals surface area contributed by atoms with Gasteiger partial charge < -0.3 is 14.2 Å². The summed E-state index contributed by atoms with van der Waals surface area (Å²) in [4.78, 5) is 0. The lowest BCUT2D eigenvalue weighted by atomic mass is 10.2. The molecule has 0 bridgehead atoms. The van der Waals surface area contributed by atoms with Crippen molar-refractivity contribution in [2.75, 3.05) is 20.3 Å². The first-order valence-electron chi connectivity index (χ1n) is 6.73. The average molecular weight is 282 g/mol. The summed E-state index contributed by atoms with van der Waals surface area (Å²) in [5.41, 5.74) is 1.76. The Kier molecular flexibility index (Phi) is 5.69. The summed E-state index contributed by atoms with van der Waals surface area (Å²) >= 11 is 0. The fourth-order valence-electron chi connectivity index (χ4n) is 1.86. The third-order valence-corrected chi connectivity index (χ3v) is 2.91. The van der Waals surface area contributed by atoms with Crippen molar-refractivity contribution >= 4 is 0 Å². The predicted octanol–water partition coefficient (Wildman–Crippen LogP) is 3.27. The minimum Gasteiger partial charge on any atom is -0.487 e. The molecule has 0 amide bonds. The van der Waals surface area contributed by atoms with Crippen LogP contribution in [0, 0.1) is 12.3 Å². The molecule has 2 aromatic carbocycles.